The van der Waals surface area contributed by atoms with Crippen LogP contribution in [0.25, 0.3) is 0 Å². The quantitative estimate of drug-likeness (QED) is 0.675. The lowest BCUT2D eigenvalue weighted by molar-refractivity contribution is 0.647. The van der Waals surface area contributed by atoms with Crippen LogP contribution in [0.4, 0.5) is 0 Å². The molecule has 0 aliphatic heterocycles. The predicted octanol–water partition coefficient (Wildman–Crippen LogP) is 0.179. The van der Waals surface area contributed by atoms with Crippen LogP contribution in [0.15, 0.2) is 6.33 Å². The van der Waals surface area contributed by atoms with Crippen molar-refractivity contribution in [1.29, 1.82) is 0 Å². The minimum Gasteiger partial charge on any atom is -0.324 e. The molecule has 1 aromatic rings. The van der Waals surface area contributed by atoms with Crippen LogP contribution in [0.2, 0.25) is 0 Å². The van der Waals surface area contributed by atoms with Crippen molar-refractivity contribution in [2.75, 3.05) is 0 Å². The van der Waals surface area contributed by atoms with Crippen LogP contribution < -0.4 is 5.73 Å². The minimum atomic E-state index is 0. The summed E-state index contributed by atoms with van der Waals surface area (Å²) in [6.45, 7) is 3.29. The van der Waals surface area contributed by atoms with Crippen molar-refractivity contribution in [1.82, 2.24) is 14.8 Å². The van der Waals surface area contributed by atoms with Crippen molar-refractivity contribution in [3.8, 4) is 0 Å². The van der Waals surface area contributed by atoms with Gasteiger partial charge in [-0.05, 0) is 6.92 Å². The fraction of sp³-hybridized carbons (Fsp3) is 0.600. The summed E-state index contributed by atoms with van der Waals surface area (Å²) in [5.41, 5.74) is 5.28. The molecule has 5 heteroatoms. The van der Waals surface area contributed by atoms with E-state index in [4.69, 9.17) is 5.73 Å². The van der Waals surface area contributed by atoms with E-state index >= 15 is 0 Å². The normalized spacial score (nSPS) is 9.00. The number of nitrogens with zero attached hydrogens (tertiary/aromatic N) is 3. The van der Waals surface area contributed by atoms with Crippen LogP contribution >= 0.6 is 12.4 Å². The number of hydrogen-bond acceptors (Lipinski definition) is 3. The van der Waals surface area contributed by atoms with Crippen molar-refractivity contribution >= 4 is 12.4 Å². The first-order valence-electron chi connectivity index (χ1n) is 2.95. The summed E-state index contributed by atoms with van der Waals surface area (Å²) < 4.78 is 1.75. The molecule has 4 nitrogen and oxygen atoms in total. The van der Waals surface area contributed by atoms with Gasteiger partial charge in [0.25, 0.3) is 0 Å². The Labute approximate surface area is 65.8 Å². The van der Waals surface area contributed by atoms with Crippen molar-refractivity contribution in [2.24, 2.45) is 5.73 Å². The summed E-state index contributed by atoms with van der Waals surface area (Å²) in [7, 11) is 0. The van der Waals surface area contributed by atoms with E-state index in [1.54, 1.807) is 11.0 Å². The molecule has 0 atom stereocenters. The second kappa shape index (κ2) is 4.24. The number of aryl methyl sites for hydroxylation is 1. The van der Waals surface area contributed by atoms with Gasteiger partial charge in [0.15, 0.2) is 5.82 Å². The summed E-state index contributed by atoms with van der Waals surface area (Å²) in [4.78, 5) is 3.93. The summed E-state index contributed by atoms with van der Waals surface area (Å²) in [6, 6.07) is 0. The summed E-state index contributed by atoms with van der Waals surface area (Å²) >= 11 is 0. The van der Waals surface area contributed by atoms with E-state index in [0.29, 0.717) is 12.4 Å². The Balaban J connectivity index is 0.000000810. The molecule has 1 aromatic heterocycles. The highest BCUT2D eigenvalue weighted by Gasteiger charge is 1.93. The van der Waals surface area contributed by atoms with Gasteiger partial charge in [0.2, 0.25) is 0 Å². The summed E-state index contributed by atoms with van der Waals surface area (Å²) in [5, 5.41) is 4.03. The maximum Gasteiger partial charge on any atom is 0.164 e. The highest BCUT2D eigenvalue weighted by molar-refractivity contribution is 5.85. The molecule has 0 radical (unpaired) electrons. The van der Waals surface area contributed by atoms with Gasteiger partial charge in [-0.1, -0.05) is 0 Å². The molecule has 2 N–H and O–H groups in total. The largest absolute Gasteiger partial charge is 0.324 e. The molecule has 0 aliphatic rings. The predicted molar refractivity (Wildman–Crippen MR) is 40.8 cm³/mol. The average molecular weight is 163 g/mol. The van der Waals surface area contributed by atoms with E-state index in [2.05, 4.69) is 10.1 Å². The first-order valence-corrected chi connectivity index (χ1v) is 2.95. The number of aromatic nitrogens is 3. The zero-order valence-corrected chi connectivity index (χ0v) is 6.64. The van der Waals surface area contributed by atoms with E-state index < -0.39 is 0 Å². The average Bonchev–Trinajstić information content (AvgIpc) is 2.34. The molecule has 0 aliphatic carbocycles. The van der Waals surface area contributed by atoms with Gasteiger partial charge in [-0.2, -0.15) is 5.10 Å². The van der Waals surface area contributed by atoms with E-state index in [-0.39, 0.29) is 12.4 Å². The van der Waals surface area contributed by atoms with Crippen molar-refractivity contribution < 1.29 is 0 Å². The Morgan fingerprint density at radius 1 is 1.70 bits per heavy atom. The molecular weight excluding hydrogens is 152 g/mol. The van der Waals surface area contributed by atoms with Crippen LogP contribution in [0.1, 0.15) is 12.7 Å². The van der Waals surface area contributed by atoms with E-state index in [0.717, 1.165) is 6.54 Å². The Morgan fingerprint density at radius 3 is 2.70 bits per heavy atom. The SMILES string of the molecule is CCn1cnc(CN)n1.Cl. The van der Waals surface area contributed by atoms with Crippen molar-refractivity contribution in [3.05, 3.63) is 12.2 Å². The topological polar surface area (TPSA) is 56.7 Å². The number of nitrogens with two attached hydrogens (primary N) is 1. The number of rotatable bonds is 2. The van der Waals surface area contributed by atoms with E-state index in [9.17, 15) is 0 Å². The zero-order valence-electron chi connectivity index (χ0n) is 5.82. The molecule has 0 amide bonds. The molecular formula is C5H11ClN4. The summed E-state index contributed by atoms with van der Waals surface area (Å²) in [5.74, 6) is 0.705. The van der Waals surface area contributed by atoms with Crippen LogP contribution in [0, 0.1) is 0 Å². The molecule has 0 saturated carbocycles. The molecule has 0 unspecified atom stereocenters. The van der Waals surface area contributed by atoms with Crippen molar-refractivity contribution in [3.63, 3.8) is 0 Å². The second-order valence-electron chi connectivity index (χ2n) is 1.72. The fourth-order valence-electron chi connectivity index (χ4n) is 0.579. The van der Waals surface area contributed by atoms with Crippen molar-refractivity contribution in [2.45, 2.75) is 20.0 Å². The lowest BCUT2D eigenvalue weighted by atomic mass is 10.6. The Kier molecular flexibility index (Phi) is 3.99. The molecule has 0 aromatic carbocycles. The van der Waals surface area contributed by atoms with Gasteiger partial charge in [-0.3, -0.25) is 4.68 Å². The van der Waals surface area contributed by atoms with Crippen LogP contribution in [0.3, 0.4) is 0 Å². The Hall–Kier alpha value is -0.610. The van der Waals surface area contributed by atoms with Gasteiger partial charge in [0, 0.05) is 6.54 Å². The van der Waals surface area contributed by atoms with E-state index in [1.807, 2.05) is 6.92 Å². The number of halogens is 1. The van der Waals surface area contributed by atoms with Gasteiger partial charge >= 0.3 is 0 Å². The molecule has 0 spiro atoms. The third kappa shape index (κ3) is 1.97. The van der Waals surface area contributed by atoms with Crippen LogP contribution in [-0.4, -0.2) is 14.8 Å². The number of hydrogen-bond donors (Lipinski definition) is 1. The molecule has 58 valence electrons. The van der Waals surface area contributed by atoms with E-state index in [1.165, 1.54) is 0 Å². The van der Waals surface area contributed by atoms with Crippen LogP contribution in [-0.2, 0) is 13.1 Å². The van der Waals surface area contributed by atoms with Gasteiger partial charge in [-0.15, -0.1) is 12.4 Å². The van der Waals surface area contributed by atoms with Gasteiger partial charge in [0.05, 0.1) is 6.54 Å². The first kappa shape index (κ1) is 9.39. The minimum absolute atomic E-state index is 0. The molecule has 0 bridgehead atoms. The second-order valence-corrected chi connectivity index (χ2v) is 1.72. The third-order valence-corrected chi connectivity index (χ3v) is 1.09. The molecule has 0 fully saturated rings. The molecule has 0 saturated heterocycles. The third-order valence-electron chi connectivity index (χ3n) is 1.09. The Bertz CT molecular complexity index is 167. The zero-order chi connectivity index (χ0) is 6.69. The lowest BCUT2D eigenvalue weighted by Gasteiger charge is -1.88. The van der Waals surface area contributed by atoms with Gasteiger partial charge in [0.1, 0.15) is 6.33 Å². The molecule has 1 heterocycles. The van der Waals surface area contributed by atoms with Crippen LogP contribution in [0.5, 0.6) is 0 Å². The fourth-order valence-corrected chi connectivity index (χ4v) is 0.579. The maximum atomic E-state index is 5.28. The Morgan fingerprint density at radius 2 is 2.40 bits per heavy atom. The monoisotopic (exact) mass is 162 g/mol. The smallest absolute Gasteiger partial charge is 0.164 e. The highest BCUT2D eigenvalue weighted by atomic mass is 35.5. The highest BCUT2D eigenvalue weighted by Crippen LogP contribution is 1.85. The molecule has 10 heavy (non-hydrogen) atoms. The summed E-state index contributed by atoms with van der Waals surface area (Å²) in [6.07, 6.45) is 1.68. The first-order chi connectivity index (χ1) is 4.36. The lowest BCUT2D eigenvalue weighted by Crippen LogP contribution is -2.00. The molecule has 1 rings (SSSR count). The van der Waals surface area contributed by atoms with Gasteiger partial charge < -0.3 is 5.73 Å². The van der Waals surface area contributed by atoms with Gasteiger partial charge in [-0.25, -0.2) is 4.98 Å². The maximum absolute atomic E-state index is 5.28. The standard InChI is InChI=1S/C5H10N4.ClH/c1-2-9-4-7-5(3-6)8-9;/h4H,2-3,6H2,1H3;1H.